The number of hydrogen-bond acceptors (Lipinski definition) is 2. The molecule has 2 heterocycles. The van der Waals surface area contributed by atoms with Crippen molar-refractivity contribution in [2.24, 2.45) is 5.92 Å². The van der Waals surface area contributed by atoms with E-state index in [2.05, 4.69) is 10.1 Å². The summed E-state index contributed by atoms with van der Waals surface area (Å²) in [6.45, 7) is 5.68. The Labute approximate surface area is 148 Å². The van der Waals surface area contributed by atoms with Crippen molar-refractivity contribution in [2.45, 2.75) is 64.5 Å². The standard InChI is InChI=1S/C17H20ClF4N3/c1-8(2)12-9(3)23-16-13(19)14(24-25(16)15(12)18)10-4-6-11(7-5-10)17(20,21)22/h8,10-11H,4-7H2,1-3H3. The molecule has 0 saturated heterocycles. The van der Waals surface area contributed by atoms with E-state index in [1.807, 2.05) is 13.8 Å². The molecule has 3 rings (SSSR count). The summed E-state index contributed by atoms with van der Waals surface area (Å²) in [5.74, 6) is -2.11. The molecule has 0 aromatic carbocycles. The first-order valence-electron chi connectivity index (χ1n) is 8.42. The Morgan fingerprint density at radius 1 is 1.16 bits per heavy atom. The molecule has 0 radical (unpaired) electrons. The number of alkyl halides is 3. The smallest absolute Gasteiger partial charge is 0.231 e. The number of aryl methyl sites for hydroxylation is 1. The molecule has 0 amide bonds. The fraction of sp³-hybridized carbons (Fsp3) is 0.647. The lowest BCUT2D eigenvalue weighted by molar-refractivity contribution is -0.182. The largest absolute Gasteiger partial charge is 0.391 e. The molecule has 0 bridgehead atoms. The molecule has 138 valence electrons. The minimum atomic E-state index is -4.18. The van der Waals surface area contributed by atoms with Gasteiger partial charge in [0.2, 0.25) is 0 Å². The number of hydrogen-bond donors (Lipinski definition) is 0. The summed E-state index contributed by atoms with van der Waals surface area (Å²) in [7, 11) is 0. The van der Waals surface area contributed by atoms with E-state index in [-0.39, 0.29) is 48.9 Å². The summed E-state index contributed by atoms with van der Waals surface area (Å²) in [6.07, 6.45) is -3.66. The number of rotatable bonds is 2. The van der Waals surface area contributed by atoms with Crippen LogP contribution in [-0.2, 0) is 0 Å². The second-order valence-electron chi connectivity index (χ2n) is 7.08. The van der Waals surface area contributed by atoms with Crippen LogP contribution in [0, 0.1) is 18.7 Å². The van der Waals surface area contributed by atoms with E-state index < -0.39 is 17.9 Å². The van der Waals surface area contributed by atoms with E-state index in [1.54, 1.807) is 6.92 Å². The van der Waals surface area contributed by atoms with Gasteiger partial charge in [0.15, 0.2) is 11.5 Å². The average Bonchev–Trinajstić information content (AvgIpc) is 2.84. The van der Waals surface area contributed by atoms with Gasteiger partial charge in [-0.05, 0) is 38.5 Å². The predicted molar refractivity (Wildman–Crippen MR) is 87.5 cm³/mol. The van der Waals surface area contributed by atoms with Gasteiger partial charge < -0.3 is 0 Å². The van der Waals surface area contributed by atoms with Crippen molar-refractivity contribution in [1.29, 1.82) is 0 Å². The van der Waals surface area contributed by atoms with Crippen LogP contribution in [0.2, 0.25) is 5.15 Å². The maximum absolute atomic E-state index is 14.8. The van der Waals surface area contributed by atoms with Crippen molar-refractivity contribution in [3.05, 3.63) is 27.9 Å². The Kier molecular flexibility index (Phi) is 4.73. The highest BCUT2D eigenvalue weighted by Crippen LogP contribution is 2.43. The van der Waals surface area contributed by atoms with Crippen molar-refractivity contribution in [3.63, 3.8) is 0 Å². The summed E-state index contributed by atoms with van der Waals surface area (Å²) in [5.41, 5.74) is 1.65. The van der Waals surface area contributed by atoms with Crippen molar-refractivity contribution >= 4 is 17.2 Å². The fourth-order valence-electron chi connectivity index (χ4n) is 3.73. The molecule has 8 heteroatoms. The van der Waals surface area contributed by atoms with Crippen LogP contribution in [0.4, 0.5) is 17.6 Å². The van der Waals surface area contributed by atoms with E-state index in [4.69, 9.17) is 11.6 Å². The van der Waals surface area contributed by atoms with Gasteiger partial charge in [-0.15, -0.1) is 0 Å². The third-order valence-electron chi connectivity index (χ3n) is 5.06. The van der Waals surface area contributed by atoms with Gasteiger partial charge in [-0.25, -0.2) is 13.9 Å². The lowest BCUT2D eigenvalue weighted by Gasteiger charge is -2.28. The lowest BCUT2D eigenvalue weighted by Crippen LogP contribution is -2.27. The van der Waals surface area contributed by atoms with Crippen LogP contribution >= 0.6 is 11.6 Å². The van der Waals surface area contributed by atoms with Gasteiger partial charge >= 0.3 is 6.18 Å². The first kappa shape index (κ1) is 18.4. The van der Waals surface area contributed by atoms with E-state index in [0.29, 0.717) is 10.8 Å². The predicted octanol–water partition coefficient (Wildman–Crippen LogP) is 5.79. The molecule has 3 nitrogen and oxygen atoms in total. The number of halogens is 5. The highest BCUT2D eigenvalue weighted by Gasteiger charge is 2.42. The van der Waals surface area contributed by atoms with Crippen LogP contribution in [0.5, 0.6) is 0 Å². The van der Waals surface area contributed by atoms with E-state index in [0.717, 1.165) is 5.56 Å². The number of aromatic nitrogens is 3. The fourth-order valence-corrected chi connectivity index (χ4v) is 4.21. The molecule has 0 aliphatic heterocycles. The van der Waals surface area contributed by atoms with Gasteiger partial charge in [0.05, 0.1) is 5.92 Å². The first-order chi connectivity index (χ1) is 11.6. The van der Waals surface area contributed by atoms with Gasteiger partial charge in [0, 0.05) is 17.2 Å². The van der Waals surface area contributed by atoms with E-state index in [1.165, 1.54) is 4.52 Å². The summed E-state index contributed by atoms with van der Waals surface area (Å²) < 4.78 is 54.5. The zero-order valence-electron chi connectivity index (χ0n) is 14.3. The Morgan fingerprint density at radius 3 is 2.28 bits per heavy atom. The molecule has 2 aromatic rings. The average molecular weight is 378 g/mol. The highest BCUT2D eigenvalue weighted by atomic mass is 35.5. The van der Waals surface area contributed by atoms with E-state index >= 15 is 0 Å². The lowest BCUT2D eigenvalue weighted by atomic mass is 9.80. The maximum atomic E-state index is 14.8. The van der Waals surface area contributed by atoms with Gasteiger partial charge in [0.1, 0.15) is 10.8 Å². The topological polar surface area (TPSA) is 30.2 Å². The SMILES string of the molecule is Cc1nc2c(F)c(C3CCC(C(F)(F)F)CC3)nn2c(Cl)c1C(C)C. The maximum Gasteiger partial charge on any atom is 0.391 e. The minimum Gasteiger partial charge on any atom is -0.231 e. The molecule has 0 atom stereocenters. The number of fused-ring (bicyclic) bond motifs is 1. The molecule has 1 fully saturated rings. The zero-order valence-corrected chi connectivity index (χ0v) is 15.0. The van der Waals surface area contributed by atoms with Crippen molar-refractivity contribution < 1.29 is 17.6 Å². The Hall–Kier alpha value is -1.37. The molecule has 0 unspecified atom stereocenters. The van der Waals surface area contributed by atoms with Gasteiger partial charge in [-0.2, -0.15) is 18.3 Å². The second kappa shape index (κ2) is 6.41. The Bertz CT molecular complexity index is 790. The van der Waals surface area contributed by atoms with Crippen LogP contribution in [0.1, 0.15) is 68.3 Å². The summed E-state index contributed by atoms with van der Waals surface area (Å²) >= 11 is 6.39. The van der Waals surface area contributed by atoms with Crippen molar-refractivity contribution in [2.75, 3.05) is 0 Å². The molecule has 0 spiro atoms. The molecule has 0 N–H and O–H groups in total. The third-order valence-corrected chi connectivity index (χ3v) is 5.42. The summed E-state index contributed by atoms with van der Waals surface area (Å²) in [5, 5.41) is 4.58. The summed E-state index contributed by atoms with van der Waals surface area (Å²) in [6, 6.07) is 0. The van der Waals surface area contributed by atoms with Crippen molar-refractivity contribution in [1.82, 2.24) is 14.6 Å². The normalized spacial score (nSPS) is 22.1. The molecule has 25 heavy (non-hydrogen) atoms. The van der Waals surface area contributed by atoms with Crippen LogP contribution in [0.15, 0.2) is 0 Å². The molecule has 1 aliphatic carbocycles. The minimum absolute atomic E-state index is 0.00108. The molecule has 1 aliphatic rings. The second-order valence-corrected chi connectivity index (χ2v) is 7.44. The molecular formula is C17H20ClF4N3. The highest BCUT2D eigenvalue weighted by molar-refractivity contribution is 6.30. The van der Waals surface area contributed by atoms with Crippen LogP contribution < -0.4 is 0 Å². The number of nitrogens with zero attached hydrogens (tertiary/aromatic N) is 3. The van der Waals surface area contributed by atoms with Crippen molar-refractivity contribution in [3.8, 4) is 0 Å². The van der Waals surface area contributed by atoms with Crippen LogP contribution in [0.3, 0.4) is 0 Å². The monoisotopic (exact) mass is 377 g/mol. The third kappa shape index (κ3) is 3.23. The van der Waals surface area contributed by atoms with Crippen LogP contribution in [-0.4, -0.2) is 20.8 Å². The van der Waals surface area contributed by atoms with E-state index in [9.17, 15) is 17.6 Å². The van der Waals surface area contributed by atoms with Gasteiger partial charge in [0.25, 0.3) is 0 Å². The first-order valence-corrected chi connectivity index (χ1v) is 8.79. The zero-order chi connectivity index (χ0) is 18.5. The molecule has 1 saturated carbocycles. The Morgan fingerprint density at radius 2 is 1.76 bits per heavy atom. The van der Waals surface area contributed by atoms with Crippen LogP contribution in [0.25, 0.3) is 5.65 Å². The van der Waals surface area contributed by atoms with Gasteiger partial charge in [-0.1, -0.05) is 25.4 Å². The Balaban J connectivity index is 1.96. The van der Waals surface area contributed by atoms with Gasteiger partial charge in [-0.3, -0.25) is 0 Å². The molecular weight excluding hydrogens is 358 g/mol. The quantitative estimate of drug-likeness (QED) is 0.489. The summed E-state index contributed by atoms with van der Waals surface area (Å²) in [4.78, 5) is 4.29. The molecule has 2 aromatic heterocycles.